The van der Waals surface area contributed by atoms with Gasteiger partial charge in [0.15, 0.2) is 0 Å². The lowest BCUT2D eigenvalue weighted by Gasteiger charge is -2.40. The summed E-state index contributed by atoms with van der Waals surface area (Å²) in [6.45, 7) is 7.23. The molecule has 6 nitrogen and oxygen atoms in total. The Morgan fingerprint density at radius 1 is 1.06 bits per heavy atom. The molecule has 2 N–H and O–H groups in total. The Kier molecular flexibility index (Phi) is 7.01. The van der Waals surface area contributed by atoms with E-state index in [1.165, 1.54) is 0 Å². The molecule has 2 aromatic carbocycles. The first-order chi connectivity index (χ1) is 15.4. The molecule has 1 amide bonds. The third-order valence-electron chi connectivity index (χ3n) is 6.48. The fraction of sp³-hybridized carbons (Fsp3) is 0.500. The quantitative estimate of drug-likeness (QED) is 0.699. The number of carbonyl (C=O) groups is 1. The van der Waals surface area contributed by atoms with Crippen LogP contribution in [0.15, 0.2) is 48.5 Å². The summed E-state index contributed by atoms with van der Waals surface area (Å²) >= 11 is 0. The van der Waals surface area contributed by atoms with Crippen molar-refractivity contribution in [3.05, 3.63) is 54.1 Å². The number of rotatable bonds is 6. The van der Waals surface area contributed by atoms with Crippen LogP contribution in [0, 0.1) is 0 Å². The molecule has 0 saturated carbocycles. The lowest BCUT2D eigenvalue weighted by Crippen LogP contribution is -2.50. The second kappa shape index (κ2) is 9.92. The molecule has 6 heteroatoms. The maximum atomic E-state index is 12.7. The van der Waals surface area contributed by atoms with Crippen LogP contribution in [0.1, 0.15) is 49.9 Å². The van der Waals surface area contributed by atoms with Gasteiger partial charge in [-0.2, -0.15) is 0 Å². The largest absolute Gasteiger partial charge is 0.496 e. The highest BCUT2D eigenvalue weighted by Crippen LogP contribution is 2.27. The zero-order valence-corrected chi connectivity index (χ0v) is 19.4. The van der Waals surface area contributed by atoms with Crippen molar-refractivity contribution in [2.45, 2.75) is 57.2 Å². The third kappa shape index (κ3) is 5.61. The van der Waals surface area contributed by atoms with Gasteiger partial charge in [0.1, 0.15) is 5.75 Å². The number of para-hydroxylation sites is 1. The summed E-state index contributed by atoms with van der Waals surface area (Å²) in [7, 11) is 1.58. The number of nitrogens with one attached hydrogen (secondary N) is 2. The number of methoxy groups -OCH3 is 1. The summed E-state index contributed by atoms with van der Waals surface area (Å²) in [6, 6.07) is 16.5. The van der Waals surface area contributed by atoms with Gasteiger partial charge in [-0.25, -0.2) is 0 Å². The Balaban J connectivity index is 1.33. The van der Waals surface area contributed by atoms with Crippen molar-refractivity contribution in [3.63, 3.8) is 0 Å². The Hall–Kier alpha value is -2.57. The summed E-state index contributed by atoms with van der Waals surface area (Å²) in [5.74, 6) is 0.408. The number of nitrogens with zero attached hydrogens (tertiary/aromatic N) is 1. The Morgan fingerprint density at radius 3 is 2.59 bits per heavy atom. The zero-order valence-electron chi connectivity index (χ0n) is 19.4. The van der Waals surface area contributed by atoms with E-state index >= 15 is 0 Å². The minimum absolute atomic E-state index is 0.0226. The van der Waals surface area contributed by atoms with E-state index in [1.807, 2.05) is 24.3 Å². The SMILES string of the molecule is COc1ccccc1C(=O)Nc1cccc(N2CCC(NC3CCOC(C)(C)C3)CC2)c1. The van der Waals surface area contributed by atoms with Gasteiger partial charge in [0.2, 0.25) is 0 Å². The second-order valence-electron chi connectivity index (χ2n) is 9.43. The molecule has 1 unspecified atom stereocenters. The van der Waals surface area contributed by atoms with E-state index in [-0.39, 0.29) is 11.5 Å². The molecule has 2 aromatic rings. The topological polar surface area (TPSA) is 62.8 Å². The zero-order chi connectivity index (χ0) is 22.6. The van der Waals surface area contributed by atoms with E-state index in [1.54, 1.807) is 19.2 Å². The predicted molar refractivity (Wildman–Crippen MR) is 129 cm³/mol. The predicted octanol–water partition coefficient (Wildman–Crippen LogP) is 4.46. The van der Waals surface area contributed by atoms with Crippen LogP contribution in [-0.4, -0.2) is 50.4 Å². The van der Waals surface area contributed by atoms with E-state index in [2.05, 4.69) is 41.5 Å². The van der Waals surface area contributed by atoms with Crippen molar-refractivity contribution < 1.29 is 14.3 Å². The van der Waals surface area contributed by atoms with Crippen LogP contribution in [0.3, 0.4) is 0 Å². The standard InChI is InChI=1S/C26H35N3O3/c1-26(2)18-21(13-16-32-26)27-19-11-14-29(15-12-19)22-8-6-7-20(17-22)28-25(30)23-9-4-5-10-24(23)31-3/h4-10,17,19,21,27H,11-16,18H2,1-3H3,(H,28,30). The maximum Gasteiger partial charge on any atom is 0.259 e. The fourth-order valence-electron chi connectivity index (χ4n) is 4.82. The lowest BCUT2D eigenvalue weighted by molar-refractivity contribution is -0.0644. The molecule has 2 fully saturated rings. The summed E-state index contributed by atoms with van der Waals surface area (Å²) < 4.78 is 11.2. The van der Waals surface area contributed by atoms with Gasteiger partial charge in [-0.1, -0.05) is 18.2 Å². The van der Waals surface area contributed by atoms with E-state index in [0.29, 0.717) is 23.4 Å². The second-order valence-corrected chi connectivity index (χ2v) is 9.43. The Bertz CT molecular complexity index is 922. The van der Waals surface area contributed by atoms with E-state index in [9.17, 15) is 4.79 Å². The minimum Gasteiger partial charge on any atom is -0.496 e. The molecule has 0 spiro atoms. The number of piperidine rings is 1. The van der Waals surface area contributed by atoms with Gasteiger partial charge in [0, 0.05) is 43.2 Å². The number of benzene rings is 2. The van der Waals surface area contributed by atoms with Gasteiger partial charge >= 0.3 is 0 Å². The highest BCUT2D eigenvalue weighted by atomic mass is 16.5. The van der Waals surface area contributed by atoms with Gasteiger partial charge in [0.05, 0.1) is 18.3 Å². The van der Waals surface area contributed by atoms with Gasteiger partial charge in [-0.05, 0) is 69.9 Å². The molecule has 1 atom stereocenters. The number of ether oxygens (including phenoxy) is 2. The lowest BCUT2D eigenvalue weighted by atomic mass is 9.92. The maximum absolute atomic E-state index is 12.7. The molecule has 2 saturated heterocycles. The third-order valence-corrected chi connectivity index (χ3v) is 6.48. The average Bonchev–Trinajstić information content (AvgIpc) is 2.79. The first-order valence-corrected chi connectivity index (χ1v) is 11.6. The minimum atomic E-state index is -0.165. The van der Waals surface area contributed by atoms with Crippen LogP contribution in [0.2, 0.25) is 0 Å². The van der Waals surface area contributed by atoms with Crippen LogP contribution in [0.4, 0.5) is 11.4 Å². The highest BCUT2D eigenvalue weighted by molar-refractivity contribution is 6.06. The van der Waals surface area contributed by atoms with Gasteiger partial charge in [-0.3, -0.25) is 4.79 Å². The molecule has 0 aromatic heterocycles. The molecule has 2 aliphatic rings. The molecule has 0 bridgehead atoms. The molecular weight excluding hydrogens is 402 g/mol. The van der Waals surface area contributed by atoms with Crippen molar-refractivity contribution in [2.24, 2.45) is 0 Å². The number of amides is 1. The van der Waals surface area contributed by atoms with Crippen molar-refractivity contribution in [3.8, 4) is 5.75 Å². The summed E-state index contributed by atoms with van der Waals surface area (Å²) in [5.41, 5.74) is 2.45. The number of hydrogen-bond donors (Lipinski definition) is 2. The molecule has 172 valence electrons. The van der Waals surface area contributed by atoms with E-state index in [0.717, 1.165) is 56.8 Å². The average molecular weight is 438 g/mol. The molecule has 2 heterocycles. The van der Waals surface area contributed by atoms with Crippen LogP contribution < -0.4 is 20.3 Å². The highest BCUT2D eigenvalue weighted by Gasteiger charge is 2.31. The molecule has 32 heavy (non-hydrogen) atoms. The van der Waals surface area contributed by atoms with E-state index < -0.39 is 0 Å². The van der Waals surface area contributed by atoms with E-state index in [4.69, 9.17) is 9.47 Å². The van der Waals surface area contributed by atoms with Crippen LogP contribution >= 0.6 is 0 Å². The first-order valence-electron chi connectivity index (χ1n) is 11.6. The van der Waals surface area contributed by atoms with Crippen LogP contribution in [0.5, 0.6) is 5.75 Å². The van der Waals surface area contributed by atoms with Crippen LogP contribution in [0.25, 0.3) is 0 Å². The van der Waals surface area contributed by atoms with Crippen molar-refractivity contribution in [2.75, 3.05) is 37.0 Å². The summed E-state index contributed by atoms with van der Waals surface area (Å²) in [4.78, 5) is 15.1. The van der Waals surface area contributed by atoms with Crippen LogP contribution in [-0.2, 0) is 4.74 Å². The Morgan fingerprint density at radius 2 is 1.84 bits per heavy atom. The molecule has 0 aliphatic carbocycles. The molecule has 0 radical (unpaired) electrons. The van der Waals surface area contributed by atoms with Gasteiger partial charge < -0.3 is 25.0 Å². The van der Waals surface area contributed by atoms with Crippen molar-refractivity contribution >= 4 is 17.3 Å². The van der Waals surface area contributed by atoms with Gasteiger partial charge in [-0.15, -0.1) is 0 Å². The van der Waals surface area contributed by atoms with Crippen molar-refractivity contribution in [1.29, 1.82) is 0 Å². The number of anilines is 2. The molecule has 4 rings (SSSR count). The first kappa shape index (κ1) is 22.6. The van der Waals surface area contributed by atoms with Gasteiger partial charge in [0.25, 0.3) is 5.91 Å². The smallest absolute Gasteiger partial charge is 0.259 e. The summed E-state index contributed by atoms with van der Waals surface area (Å²) in [6.07, 6.45) is 4.41. The molecule has 2 aliphatic heterocycles. The number of hydrogen-bond acceptors (Lipinski definition) is 5. The normalized spacial score (nSPS) is 21.2. The fourth-order valence-corrected chi connectivity index (χ4v) is 4.82. The monoisotopic (exact) mass is 437 g/mol. The summed E-state index contributed by atoms with van der Waals surface area (Å²) in [5, 5.41) is 6.89. The van der Waals surface area contributed by atoms with Crippen molar-refractivity contribution in [1.82, 2.24) is 5.32 Å². The Labute approximate surface area is 191 Å². The molecular formula is C26H35N3O3. The number of carbonyl (C=O) groups excluding carboxylic acids is 1.